The molecule has 0 spiro atoms. The van der Waals surface area contributed by atoms with Crippen LogP contribution in [0.4, 0.5) is 0 Å². The minimum atomic E-state index is 0.985. The highest BCUT2D eigenvalue weighted by atomic mass is 32.1. The van der Waals surface area contributed by atoms with Crippen LogP contribution in [0.5, 0.6) is 5.75 Å². The lowest BCUT2D eigenvalue weighted by Gasteiger charge is -1.99. The molecule has 0 aliphatic rings. The van der Waals surface area contributed by atoms with Crippen molar-refractivity contribution in [2.75, 3.05) is 7.11 Å². The lowest BCUT2D eigenvalue weighted by molar-refractivity contribution is 0.420. The van der Waals surface area contributed by atoms with Gasteiger partial charge in [-0.1, -0.05) is 12.1 Å². The van der Waals surface area contributed by atoms with E-state index in [0.29, 0.717) is 0 Å². The number of fused-ring (bicyclic) bond motifs is 1. The highest BCUT2D eigenvalue weighted by Gasteiger charge is 2.07. The summed E-state index contributed by atoms with van der Waals surface area (Å²) >= 11 is 1.80. The van der Waals surface area contributed by atoms with E-state index in [-0.39, 0.29) is 0 Å². The van der Waals surface area contributed by atoms with Gasteiger partial charge >= 0.3 is 0 Å². The molecular formula is C11H12OS. The van der Waals surface area contributed by atoms with E-state index < -0.39 is 0 Å². The molecule has 0 aliphatic carbocycles. The van der Waals surface area contributed by atoms with Gasteiger partial charge in [-0.15, -0.1) is 11.3 Å². The molecule has 68 valence electrons. The lowest BCUT2D eigenvalue weighted by atomic mass is 10.1. The van der Waals surface area contributed by atoms with E-state index in [4.69, 9.17) is 4.74 Å². The first-order chi connectivity index (χ1) is 6.24. The van der Waals surface area contributed by atoms with Crippen LogP contribution in [0.2, 0.25) is 0 Å². The zero-order valence-electron chi connectivity index (χ0n) is 8.05. The van der Waals surface area contributed by atoms with E-state index >= 15 is 0 Å². The van der Waals surface area contributed by atoms with Crippen molar-refractivity contribution in [1.29, 1.82) is 0 Å². The van der Waals surface area contributed by atoms with Crippen molar-refractivity contribution in [1.82, 2.24) is 0 Å². The van der Waals surface area contributed by atoms with Crippen molar-refractivity contribution in [2.45, 2.75) is 13.8 Å². The third-order valence-electron chi connectivity index (χ3n) is 2.39. The Morgan fingerprint density at radius 1 is 1.23 bits per heavy atom. The van der Waals surface area contributed by atoms with E-state index in [2.05, 4.69) is 19.9 Å². The topological polar surface area (TPSA) is 9.23 Å². The minimum Gasteiger partial charge on any atom is -0.495 e. The van der Waals surface area contributed by atoms with E-state index in [9.17, 15) is 0 Å². The van der Waals surface area contributed by atoms with Gasteiger partial charge in [-0.3, -0.25) is 0 Å². The smallest absolute Gasteiger partial charge is 0.136 e. The number of aryl methyl sites for hydroxylation is 2. The highest BCUT2D eigenvalue weighted by molar-refractivity contribution is 7.19. The molecule has 0 amide bonds. The Balaban J connectivity index is 2.84. The molecule has 0 saturated carbocycles. The van der Waals surface area contributed by atoms with Gasteiger partial charge in [0.2, 0.25) is 0 Å². The Bertz CT molecular complexity index is 443. The summed E-state index contributed by atoms with van der Waals surface area (Å²) in [6, 6.07) is 6.20. The molecule has 2 aromatic rings. The largest absolute Gasteiger partial charge is 0.495 e. The van der Waals surface area contributed by atoms with Crippen molar-refractivity contribution in [3.05, 3.63) is 28.6 Å². The summed E-state index contributed by atoms with van der Waals surface area (Å²) in [5, 5.41) is 1.32. The standard InChI is InChI=1S/C11H12OS/c1-7-8(2)13-11-9(7)5-4-6-10(11)12-3/h4-6H,1-3H3. The summed E-state index contributed by atoms with van der Waals surface area (Å²) in [6.07, 6.45) is 0. The average molecular weight is 192 g/mol. The number of ether oxygens (including phenoxy) is 1. The molecule has 2 heteroatoms. The second kappa shape index (κ2) is 3.04. The van der Waals surface area contributed by atoms with Gasteiger partial charge in [0.25, 0.3) is 0 Å². The zero-order chi connectivity index (χ0) is 9.42. The molecule has 0 atom stereocenters. The number of methoxy groups -OCH3 is 1. The summed E-state index contributed by atoms with van der Waals surface area (Å²) in [5.41, 5.74) is 1.37. The van der Waals surface area contributed by atoms with E-state index in [1.807, 2.05) is 12.1 Å². The third kappa shape index (κ3) is 1.22. The van der Waals surface area contributed by atoms with E-state index in [0.717, 1.165) is 5.75 Å². The Hall–Kier alpha value is -1.02. The predicted molar refractivity (Wildman–Crippen MR) is 57.9 cm³/mol. The number of benzene rings is 1. The van der Waals surface area contributed by atoms with Crippen molar-refractivity contribution < 1.29 is 4.74 Å². The first-order valence-electron chi connectivity index (χ1n) is 4.26. The van der Waals surface area contributed by atoms with Crippen LogP contribution in [0.25, 0.3) is 10.1 Å². The van der Waals surface area contributed by atoms with Gasteiger partial charge in [0.05, 0.1) is 11.8 Å². The molecule has 0 N–H and O–H groups in total. The molecular weight excluding hydrogens is 180 g/mol. The molecule has 2 rings (SSSR count). The van der Waals surface area contributed by atoms with Crippen LogP contribution in [-0.2, 0) is 0 Å². The second-order valence-corrected chi connectivity index (χ2v) is 4.34. The fourth-order valence-corrected chi connectivity index (χ4v) is 2.65. The van der Waals surface area contributed by atoms with Crippen LogP contribution >= 0.6 is 11.3 Å². The molecule has 0 saturated heterocycles. The molecule has 0 unspecified atom stereocenters. The summed E-state index contributed by atoms with van der Waals surface area (Å²) < 4.78 is 6.57. The maximum Gasteiger partial charge on any atom is 0.136 e. The molecule has 1 heterocycles. The predicted octanol–water partition coefficient (Wildman–Crippen LogP) is 3.53. The van der Waals surface area contributed by atoms with Gasteiger partial charge in [0.15, 0.2) is 0 Å². The number of hydrogen-bond donors (Lipinski definition) is 0. The maximum atomic E-state index is 5.31. The van der Waals surface area contributed by atoms with Crippen LogP contribution in [-0.4, -0.2) is 7.11 Å². The second-order valence-electron chi connectivity index (χ2n) is 3.12. The molecule has 1 aromatic heterocycles. The molecule has 0 fully saturated rings. The van der Waals surface area contributed by atoms with Gasteiger partial charge in [0.1, 0.15) is 5.75 Å². The Morgan fingerprint density at radius 3 is 2.69 bits per heavy atom. The monoisotopic (exact) mass is 192 g/mol. The molecule has 0 bridgehead atoms. The number of rotatable bonds is 1. The van der Waals surface area contributed by atoms with Crippen LogP contribution in [0.3, 0.4) is 0 Å². The van der Waals surface area contributed by atoms with Gasteiger partial charge in [-0.05, 0) is 30.9 Å². The van der Waals surface area contributed by atoms with Gasteiger partial charge < -0.3 is 4.74 Å². The van der Waals surface area contributed by atoms with Crippen LogP contribution in [0, 0.1) is 13.8 Å². The summed E-state index contributed by atoms with van der Waals surface area (Å²) in [4.78, 5) is 1.37. The Kier molecular flexibility index (Phi) is 2.00. The zero-order valence-corrected chi connectivity index (χ0v) is 8.87. The van der Waals surface area contributed by atoms with Crippen molar-refractivity contribution >= 4 is 21.4 Å². The summed E-state index contributed by atoms with van der Waals surface area (Å²) in [7, 11) is 1.72. The fraction of sp³-hybridized carbons (Fsp3) is 0.273. The van der Waals surface area contributed by atoms with Crippen molar-refractivity contribution in [3.8, 4) is 5.75 Å². The Morgan fingerprint density at radius 2 is 2.00 bits per heavy atom. The SMILES string of the molecule is COc1cccc2c(C)c(C)sc12. The Labute approximate surface area is 82.0 Å². The van der Waals surface area contributed by atoms with Crippen LogP contribution in [0.1, 0.15) is 10.4 Å². The first kappa shape index (κ1) is 8.57. The van der Waals surface area contributed by atoms with Gasteiger partial charge in [0, 0.05) is 4.88 Å². The minimum absolute atomic E-state index is 0.985. The van der Waals surface area contributed by atoms with E-state index in [1.165, 1.54) is 20.5 Å². The molecule has 13 heavy (non-hydrogen) atoms. The summed E-state index contributed by atoms with van der Waals surface area (Å²) in [6.45, 7) is 4.31. The highest BCUT2D eigenvalue weighted by Crippen LogP contribution is 2.36. The average Bonchev–Trinajstić information content (AvgIpc) is 2.43. The van der Waals surface area contributed by atoms with Gasteiger partial charge in [-0.2, -0.15) is 0 Å². The van der Waals surface area contributed by atoms with Crippen molar-refractivity contribution in [3.63, 3.8) is 0 Å². The molecule has 0 aliphatic heterocycles. The molecule has 0 radical (unpaired) electrons. The maximum absolute atomic E-state index is 5.31. The van der Waals surface area contributed by atoms with Gasteiger partial charge in [-0.25, -0.2) is 0 Å². The third-order valence-corrected chi connectivity index (χ3v) is 3.62. The van der Waals surface area contributed by atoms with Crippen LogP contribution in [0.15, 0.2) is 18.2 Å². The molecule has 1 aromatic carbocycles. The number of thiophene rings is 1. The van der Waals surface area contributed by atoms with Crippen LogP contribution < -0.4 is 4.74 Å². The van der Waals surface area contributed by atoms with Crippen molar-refractivity contribution in [2.24, 2.45) is 0 Å². The quantitative estimate of drug-likeness (QED) is 0.671. The van der Waals surface area contributed by atoms with E-state index in [1.54, 1.807) is 18.4 Å². The summed E-state index contributed by atoms with van der Waals surface area (Å²) in [5.74, 6) is 0.985. The molecule has 1 nitrogen and oxygen atoms in total. The fourth-order valence-electron chi connectivity index (χ4n) is 1.50. The first-order valence-corrected chi connectivity index (χ1v) is 5.08. The number of hydrogen-bond acceptors (Lipinski definition) is 2. The normalized spacial score (nSPS) is 10.7. The lowest BCUT2D eigenvalue weighted by Crippen LogP contribution is -1.81.